The predicted octanol–water partition coefficient (Wildman–Crippen LogP) is 7.11. The number of carbonyl (C=O) groups is 1. The number of piperazine rings is 1. The number of rotatable bonds is 2. The molecule has 308 valence electrons. The molecule has 4 heterocycles. The van der Waals surface area contributed by atoms with Crippen LogP contribution in [-0.4, -0.2) is 103 Å². The Morgan fingerprint density at radius 3 is 2.50 bits per heavy atom. The van der Waals surface area contributed by atoms with E-state index in [0.29, 0.717) is 31.9 Å². The average molecular weight is 846 g/mol. The smallest absolute Gasteiger partial charge is 0.264 e. The summed E-state index contributed by atoms with van der Waals surface area (Å²) < 4.78 is 35.9. The van der Waals surface area contributed by atoms with Crippen LogP contribution in [-0.2, 0) is 21.9 Å². The van der Waals surface area contributed by atoms with Gasteiger partial charge in [-0.3, -0.25) is 9.69 Å². The molecule has 1 amide bonds. The lowest BCUT2D eigenvalue weighted by atomic mass is 9.64. The number of halogens is 1. The van der Waals surface area contributed by atoms with Crippen molar-refractivity contribution in [3.63, 3.8) is 0 Å². The van der Waals surface area contributed by atoms with Crippen LogP contribution in [0.2, 0.25) is 5.02 Å². The van der Waals surface area contributed by atoms with E-state index in [1.807, 2.05) is 54.7 Å². The maximum atomic E-state index is 13.5. The third-order valence-electron chi connectivity index (χ3n) is 13.3. The van der Waals surface area contributed by atoms with Crippen molar-refractivity contribution < 1.29 is 23.1 Å². The van der Waals surface area contributed by atoms with Gasteiger partial charge < -0.3 is 20.1 Å². The molecule has 6 aliphatic rings. The maximum absolute atomic E-state index is 13.5. The summed E-state index contributed by atoms with van der Waals surface area (Å²) >= 11 is 10.2. The van der Waals surface area contributed by atoms with E-state index in [-0.39, 0.29) is 33.3 Å². The number of carbonyl (C=O) groups excluding carboxylic acids is 1. The zero-order valence-electron chi connectivity index (χ0n) is 33.5. The molecule has 4 aliphatic heterocycles. The standard InChI is InChI=1S/C36H45ClN2O5S3.C7H16N2/c1-23-6-3-15-36(41,34-45-16-5-17-46-34)30-11-8-27(30)20-39-21-35(14-4-7-25-18-28(37)10-12-29(25)35)22-44-32-13-9-26(19-31(32)39)33(40)38-47(42,43)24(23)2;1-7(2)9-5-3-8-4-6-9/h3,9-10,12-13,15,18-19,23-24,27,30,34,41H,4-8,11,14,16-17,20-22H2,1-2H3,(H,38,40);7-8H,3-6H2,1-2H3/b15-3+;/t23-,24+,27-,30+,35-,36+;/m0./s1. The summed E-state index contributed by atoms with van der Waals surface area (Å²) in [5.41, 5.74) is 2.32. The van der Waals surface area contributed by atoms with E-state index >= 15 is 0 Å². The Morgan fingerprint density at radius 2 is 1.80 bits per heavy atom. The molecule has 3 N–H and O–H groups in total. The van der Waals surface area contributed by atoms with Gasteiger partial charge in [-0.25, -0.2) is 13.1 Å². The number of aryl methyl sites for hydroxylation is 1. The summed E-state index contributed by atoms with van der Waals surface area (Å²) in [6.45, 7) is 14.7. The van der Waals surface area contributed by atoms with Crippen LogP contribution in [0.5, 0.6) is 5.75 Å². The summed E-state index contributed by atoms with van der Waals surface area (Å²) in [6.07, 6.45) is 10.5. The number of sulfonamides is 1. The number of nitrogens with one attached hydrogen (secondary N) is 2. The number of allylic oxidation sites excluding steroid dienone is 1. The number of fused-ring (bicyclic) bond motifs is 4. The first-order chi connectivity index (χ1) is 26.8. The lowest BCUT2D eigenvalue weighted by Crippen LogP contribution is -2.55. The highest BCUT2D eigenvalue weighted by Crippen LogP contribution is 2.53. The second-order valence-corrected chi connectivity index (χ2v) is 22.4. The van der Waals surface area contributed by atoms with Gasteiger partial charge >= 0.3 is 0 Å². The highest BCUT2D eigenvalue weighted by Gasteiger charge is 2.52. The summed E-state index contributed by atoms with van der Waals surface area (Å²) in [4.78, 5) is 18.4. The van der Waals surface area contributed by atoms with Crippen molar-refractivity contribution in [3.05, 3.63) is 70.3 Å². The van der Waals surface area contributed by atoms with Crippen molar-refractivity contribution in [2.45, 2.75) is 99.5 Å². The highest BCUT2D eigenvalue weighted by molar-refractivity contribution is 8.17. The van der Waals surface area contributed by atoms with E-state index in [2.05, 4.69) is 45.8 Å². The van der Waals surface area contributed by atoms with E-state index in [9.17, 15) is 18.3 Å². The summed E-state index contributed by atoms with van der Waals surface area (Å²) in [5.74, 6) is 2.18. The zero-order valence-corrected chi connectivity index (χ0v) is 36.7. The molecule has 2 aromatic rings. The maximum Gasteiger partial charge on any atom is 0.264 e. The Bertz CT molecular complexity index is 1850. The van der Waals surface area contributed by atoms with Crippen molar-refractivity contribution in [1.29, 1.82) is 0 Å². The van der Waals surface area contributed by atoms with Crippen LogP contribution in [0.3, 0.4) is 0 Å². The molecule has 2 aromatic carbocycles. The molecule has 2 aliphatic carbocycles. The van der Waals surface area contributed by atoms with Crippen LogP contribution >= 0.6 is 35.1 Å². The molecule has 1 spiro atoms. The van der Waals surface area contributed by atoms with E-state index < -0.39 is 26.8 Å². The summed E-state index contributed by atoms with van der Waals surface area (Å²) in [5, 5.41) is 15.9. The Balaban J connectivity index is 0.000000471. The largest absolute Gasteiger partial charge is 0.490 e. The number of anilines is 1. The molecular weight excluding hydrogens is 784 g/mol. The molecule has 56 heavy (non-hydrogen) atoms. The van der Waals surface area contributed by atoms with Crippen LogP contribution in [0.15, 0.2) is 48.6 Å². The van der Waals surface area contributed by atoms with Crippen molar-refractivity contribution in [1.82, 2.24) is 14.9 Å². The van der Waals surface area contributed by atoms with Crippen molar-refractivity contribution in [3.8, 4) is 5.75 Å². The van der Waals surface area contributed by atoms with Crippen LogP contribution in [0.4, 0.5) is 5.69 Å². The number of benzene rings is 2. The first-order valence-electron chi connectivity index (χ1n) is 20.7. The third kappa shape index (κ3) is 8.97. The van der Waals surface area contributed by atoms with Crippen LogP contribution in [0.1, 0.15) is 87.7 Å². The number of thioether (sulfide) groups is 2. The summed E-state index contributed by atoms with van der Waals surface area (Å²) in [7, 11) is -3.95. The van der Waals surface area contributed by atoms with Crippen LogP contribution in [0, 0.1) is 17.8 Å². The van der Waals surface area contributed by atoms with Crippen LogP contribution < -0.4 is 19.7 Å². The van der Waals surface area contributed by atoms with Gasteiger partial charge in [0.25, 0.3) is 5.91 Å². The number of aliphatic hydroxyl groups is 1. The Hall–Kier alpha value is -1.93. The molecule has 9 nitrogen and oxygen atoms in total. The fraction of sp³-hybridized carbons (Fsp3) is 0.651. The van der Waals surface area contributed by atoms with Gasteiger partial charge in [0.1, 0.15) is 11.4 Å². The number of ether oxygens (including phenoxy) is 1. The van der Waals surface area contributed by atoms with Crippen molar-refractivity contribution >= 4 is 56.7 Å². The minimum Gasteiger partial charge on any atom is -0.490 e. The fourth-order valence-electron chi connectivity index (χ4n) is 9.52. The van der Waals surface area contributed by atoms with Gasteiger partial charge in [0, 0.05) is 61.3 Å². The van der Waals surface area contributed by atoms with E-state index in [1.165, 1.54) is 24.2 Å². The Morgan fingerprint density at radius 1 is 1.04 bits per heavy atom. The fourth-order valence-corrected chi connectivity index (χ4v) is 14.2. The lowest BCUT2D eigenvalue weighted by Gasteiger charge is -2.51. The minimum absolute atomic E-state index is 0.0302. The second-order valence-electron chi connectivity index (χ2n) is 17.2. The first kappa shape index (κ1) is 42.2. The van der Waals surface area contributed by atoms with Crippen molar-refractivity contribution in [2.24, 2.45) is 17.8 Å². The first-order valence-corrected chi connectivity index (χ1v) is 24.8. The topological polar surface area (TPSA) is 111 Å². The molecular formula is C43H61ClN4O5S3. The molecule has 3 fully saturated rings. The molecule has 0 aromatic heterocycles. The molecule has 0 radical (unpaired) electrons. The van der Waals surface area contributed by atoms with E-state index in [1.54, 1.807) is 19.1 Å². The van der Waals surface area contributed by atoms with Gasteiger partial charge in [-0.2, -0.15) is 0 Å². The van der Waals surface area contributed by atoms with Gasteiger partial charge in [-0.1, -0.05) is 36.7 Å². The molecule has 2 saturated heterocycles. The highest BCUT2D eigenvalue weighted by atomic mass is 35.5. The third-order valence-corrected chi connectivity index (χ3v) is 18.6. The van der Waals surface area contributed by atoms with Crippen molar-refractivity contribution in [2.75, 3.05) is 62.3 Å². The Labute approximate surface area is 348 Å². The van der Waals surface area contributed by atoms with Gasteiger partial charge in [0.05, 0.1) is 22.1 Å². The quantitative estimate of drug-likeness (QED) is 0.271. The van der Waals surface area contributed by atoms with Gasteiger partial charge in [0.15, 0.2) is 0 Å². The average Bonchev–Trinajstić information content (AvgIpc) is 3.33. The number of hydrogen-bond acceptors (Lipinski definition) is 10. The molecule has 1 saturated carbocycles. The molecule has 0 unspecified atom stereocenters. The van der Waals surface area contributed by atoms with Gasteiger partial charge in [-0.15, -0.1) is 23.5 Å². The summed E-state index contributed by atoms with van der Waals surface area (Å²) in [6, 6.07) is 12.2. The SMILES string of the molecule is CC(C)N1CCNCC1.C[C@@H]1[C@@H](C)C/C=C/[C@](O)(C2SCCCS2)[C@@H]2CC[C@H]2CN2C[C@@]3(CCCc4cc(Cl)ccc43)COc3ccc(cc32)C(=O)NS1(=O)=O. The minimum atomic E-state index is -3.95. The zero-order chi connectivity index (χ0) is 39.7. The molecule has 2 bridgehead atoms. The van der Waals surface area contributed by atoms with Crippen LogP contribution in [0.25, 0.3) is 0 Å². The number of nitrogens with zero attached hydrogens (tertiary/aromatic N) is 2. The Kier molecular flexibility index (Phi) is 13.4. The molecule has 6 atom stereocenters. The normalized spacial score (nSPS) is 33.1. The number of hydrogen-bond donors (Lipinski definition) is 3. The number of amides is 1. The van der Waals surface area contributed by atoms with E-state index in [4.69, 9.17) is 16.3 Å². The molecule has 13 heteroatoms. The predicted molar refractivity (Wildman–Crippen MR) is 233 cm³/mol. The van der Waals surface area contributed by atoms with Gasteiger partial charge in [-0.05, 0) is 136 Å². The monoisotopic (exact) mass is 844 g/mol. The lowest BCUT2D eigenvalue weighted by molar-refractivity contribution is -0.0333. The molecule has 8 rings (SSSR count). The van der Waals surface area contributed by atoms with E-state index in [0.717, 1.165) is 79.9 Å². The van der Waals surface area contributed by atoms with Gasteiger partial charge in [0.2, 0.25) is 10.0 Å². The second kappa shape index (κ2) is 17.7.